The molecule has 0 aromatic heterocycles. The third-order valence-corrected chi connectivity index (χ3v) is 2.97. The Hall–Kier alpha value is -1.45. The van der Waals surface area contributed by atoms with E-state index in [0.29, 0.717) is 5.56 Å². The molecule has 0 bridgehead atoms. The maximum Gasteiger partial charge on any atom is 0.141 e. The molecule has 0 aliphatic heterocycles. The third-order valence-electron chi connectivity index (χ3n) is 2.68. The lowest BCUT2D eigenvalue weighted by molar-refractivity contribution is 0.173. The molecule has 2 aromatic carbocycles. The predicted molar refractivity (Wildman–Crippen MR) is 66.5 cm³/mol. The Morgan fingerprint density at radius 2 is 1.78 bits per heavy atom. The van der Waals surface area contributed by atoms with E-state index in [4.69, 9.17) is 11.6 Å². The fourth-order valence-electron chi connectivity index (χ4n) is 1.75. The number of halogens is 3. The van der Waals surface area contributed by atoms with Gasteiger partial charge in [-0.3, -0.25) is 0 Å². The van der Waals surface area contributed by atoms with Gasteiger partial charge < -0.3 is 5.11 Å². The molecule has 1 atom stereocenters. The van der Waals surface area contributed by atoms with Crippen molar-refractivity contribution >= 4 is 11.6 Å². The minimum atomic E-state index is -0.979. The van der Waals surface area contributed by atoms with Crippen LogP contribution in [0.1, 0.15) is 17.2 Å². The highest BCUT2D eigenvalue weighted by molar-refractivity contribution is 6.30. The van der Waals surface area contributed by atoms with Crippen molar-refractivity contribution in [2.24, 2.45) is 0 Å². The second-order valence-electron chi connectivity index (χ2n) is 3.99. The minimum Gasteiger partial charge on any atom is -0.388 e. The topological polar surface area (TPSA) is 20.2 Å². The molecule has 0 aliphatic carbocycles. The summed E-state index contributed by atoms with van der Waals surface area (Å²) in [6.45, 7) is 0. The quantitative estimate of drug-likeness (QED) is 0.895. The second kappa shape index (κ2) is 5.46. The monoisotopic (exact) mass is 268 g/mol. The summed E-state index contributed by atoms with van der Waals surface area (Å²) in [5, 5.41) is 9.93. The van der Waals surface area contributed by atoms with E-state index in [9.17, 15) is 13.9 Å². The molecule has 18 heavy (non-hydrogen) atoms. The molecule has 0 amide bonds. The fourth-order valence-corrected chi connectivity index (χ4v) is 1.95. The summed E-state index contributed by atoms with van der Waals surface area (Å²) in [7, 11) is 0. The normalized spacial score (nSPS) is 12.4. The smallest absolute Gasteiger partial charge is 0.141 e. The average molecular weight is 269 g/mol. The second-order valence-corrected chi connectivity index (χ2v) is 4.40. The van der Waals surface area contributed by atoms with E-state index in [0.717, 1.165) is 0 Å². The molecule has 2 aromatic rings. The molecule has 94 valence electrons. The number of hydrogen-bond donors (Lipinski definition) is 1. The van der Waals surface area contributed by atoms with Gasteiger partial charge in [-0.1, -0.05) is 35.9 Å². The predicted octanol–water partition coefficient (Wildman–Crippen LogP) is 3.89. The zero-order valence-corrected chi connectivity index (χ0v) is 10.2. The summed E-state index contributed by atoms with van der Waals surface area (Å²) < 4.78 is 26.4. The van der Waals surface area contributed by atoms with Gasteiger partial charge in [-0.05, 0) is 23.8 Å². The molecule has 4 heteroatoms. The molecule has 0 aliphatic rings. The zero-order valence-electron chi connectivity index (χ0n) is 9.41. The zero-order chi connectivity index (χ0) is 13.1. The molecule has 1 unspecified atom stereocenters. The first-order valence-electron chi connectivity index (χ1n) is 5.44. The van der Waals surface area contributed by atoms with E-state index >= 15 is 0 Å². The van der Waals surface area contributed by atoms with E-state index in [2.05, 4.69) is 0 Å². The van der Waals surface area contributed by atoms with E-state index in [1.165, 1.54) is 30.3 Å². The van der Waals surface area contributed by atoms with Gasteiger partial charge in [0.25, 0.3) is 0 Å². The summed E-state index contributed by atoms with van der Waals surface area (Å²) in [6, 6.07) is 10.2. The first-order chi connectivity index (χ1) is 8.58. The summed E-state index contributed by atoms with van der Waals surface area (Å²) in [5.41, 5.74) is 0.870. The maximum absolute atomic E-state index is 13.4. The molecule has 0 radical (unpaired) electrons. The molecular formula is C14H11ClF2O. The van der Waals surface area contributed by atoms with Crippen LogP contribution in [0.3, 0.4) is 0 Å². The van der Waals surface area contributed by atoms with Crippen LogP contribution in [0.4, 0.5) is 8.78 Å². The van der Waals surface area contributed by atoms with E-state index in [1.807, 2.05) is 0 Å². The Morgan fingerprint density at radius 1 is 1.06 bits per heavy atom. The summed E-state index contributed by atoms with van der Waals surface area (Å²) in [4.78, 5) is 0. The molecule has 1 nitrogen and oxygen atoms in total. The Morgan fingerprint density at radius 3 is 2.44 bits per heavy atom. The molecule has 2 rings (SSSR count). The van der Waals surface area contributed by atoms with Crippen LogP contribution in [0.15, 0.2) is 42.5 Å². The maximum atomic E-state index is 13.4. The van der Waals surface area contributed by atoms with Crippen LogP contribution in [0.2, 0.25) is 5.02 Å². The van der Waals surface area contributed by atoms with Gasteiger partial charge >= 0.3 is 0 Å². The lowest BCUT2D eigenvalue weighted by Gasteiger charge is -2.12. The van der Waals surface area contributed by atoms with E-state index in [1.54, 1.807) is 12.1 Å². The van der Waals surface area contributed by atoms with Crippen LogP contribution >= 0.6 is 11.6 Å². The van der Waals surface area contributed by atoms with Crippen molar-refractivity contribution in [3.63, 3.8) is 0 Å². The van der Waals surface area contributed by atoms with Crippen molar-refractivity contribution in [1.29, 1.82) is 0 Å². The van der Waals surface area contributed by atoms with Crippen molar-refractivity contribution in [3.05, 3.63) is 70.2 Å². The van der Waals surface area contributed by atoms with Crippen molar-refractivity contribution in [1.82, 2.24) is 0 Å². The first-order valence-corrected chi connectivity index (χ1v) is 5.82. The first kappa shape index (κ1) is 13.0. The number of rotatable bonds is 3. The average Bonchev–Trinajstić information content (AvgIpc) is 2.34. The van der Waals surface area contributed by atoms with Crippen LogP contribution in [0.5, 0.6) is 0 Å². The van der Waals surface area contributed by atoms with Gasteiger partial charge in [0, 0.05) is 12.0 Å². The summed E-state index contributed by atoms with van der Waals surface area (Å²) in [6.07, 6.45) is -0.797. The Labute approximate surface area is 109 Å². The van der Waals surface area contributed by atoms with Crippen molar-refractivity contribution in [2.75, 3.05) is 0 Å². The minimum absolute atomic E-state index is 0.00627. The molecule has 0 heterocycles. The van der Waals surface area contributed by atoms with Gasteiger partial charge in [-0.15, -0.1) is 0 Å². The van der Waals surface area contributed by atoms with Gasteiger partial charge in [-0.25, -0.2) is 8.78 Å². The van der Waals surface area contributed by atoms with Crippen molar-refractivity contribution in [2.45, 2.75) is 12.5 Å². The van der Waals surface area contributed by atoms with Crippen molar-refractivity contribution < 1.29 is 13.9 Å². The highest BCUT2D eigenvalue weighted by Gasteiger charge is 2.13. The fraction of sp³-hybridized carbons (Fsp3) is 0.143. The van der Waals surface area contributed by atoms with E-state index in [-0.39, 0.29) is 17.0 Å². The standard InChI is InChI=1S/C14H11ClF2O/c15-11-7-9(5-6-13(11)17)8-14(18)10-3-1-2-4-12(10)16/h1-7,14,18H,8H2. The van der Waals surface area contributed by atoms with Crippen LogP contribution in [0, 0.1) is 11.6 Å². The van der Waals surface area contributed by atoms with Crippen molar-refractivity contribution in [3.8, 4) is 0 Å². The van der Waals surface area contributed by atoms with Crippen LogP contribution in [-0.2, 0) is 6.42 Å². The largest absolute Gasteiger partial charge is 0.388 e. The highest BCUT2D eigenvalue weighted by atomic mass is 35.5. The lowest BCUT2D eigenvalue weighted by atomic mass is 10.0. The molecule has 0 spiro atoms. The van der Waals surface area contributed by atoms with Gasteiger partial charge in [0.15, 0.2) is 0 Å². The Kier molecular flexibility index (Phi) is 3.94. The molecule has 0 fully saturated rings. The third kappa shape index (κ3) is 2.86. The number of aliphatic hydroxyl groups is 1. The summed E-state index contributed by atoms with van der Waals surface area (Å²) in [5.74, 6) is -0.973. The molecular weight excluding hydrogens is 258 g/mol. The van der Waals surface area contributed by atoms with Crippen LogP contribution < -0.4 is 0 Å². The van der Waals surface area contributed by atoms with Crippen LogP contribution in [-0.4, -0.2) is 5.11 Å². The van der Waals surface area contributed by atoms with E-state index < -0.39 is 17.7 Å². The summed E-state index contributed by atoms with van der Waals surface area (Å²) >= 11 is 5.64. The van der Waals surface area contributed by atoms with Crippen LogP contribution in [0.25, 0.3) is 0 Å². The highest BCUT2D eigenvalue weighted by Crippen LogP contribution is 2.23. The Bertz CT molecular complexity index is 557. The number of benzene rings is 2. The molecule has 1 N–H and O–H groups in total. The van der Waals surface area contributed by atoms with Gasteiger partial charge in [0.05, 0.1) is 11.1 Å². The van der Waals surface area contributed by atoms with Gasteiger partial charge in [-0.2, -0.15) is 0 Å². The van der Waals surface area contributed by atoms with Gasteiger partial charge in [0.2, 0.25) is 0 Å². The number of hydrogen-bond acceptors (Lipinski definition) is 1. The molecule has 0 saturated carbocycles. The Balaban J connectivity index is 2.19. The number of aliphatic hydroxyl groups excluding tert-OH is 1. The molecule has 0 saturated heterocycles. The van der Waals surface area contributed by atoms with Gasteiger partial charge in [0.1, 0.15) is 11.6 Å². The SMILES string of the molecule is OC(Cc1ccc(F)c(Cl)c1)c1ccccc1F. The lowest BCUT2D eigenvalue weighted by Crippen LogP contribution is -2.04.